The van der Waals surface area contributed by atoms with Crippen LogP contribution < -0.4 is 15.6 Å². The molecule has 0 saturated heterocycles. The second-order valence-electron chi connectivity index (χ2n) is 7.27. The van der Waals surface area contributed by atoms with Gasteiger partial charge in [0, 0.05) is 36.5 Å². The molecule has 0 aliphatic heterocycles. The van der Waals surface area contributed by atoms with Crippen molar-refractivity contribution in [2.75, 3.05) is 0 Å². The minimum absolute atomic E-state index is 0.0734. The van der Waals surface area contributed by atoms with E-state index in [1.165, 1.54) is 16.7 Å². The van der Waals surface area contributed by atoms with E-state index in [2.05, 4.69) is 11.9 Å². The monoisotopic (exact) mass is 420 g/mol. The minimum Gasteiger partial charge on any atom is -0.454 e. The minimum atomic E-state index is -0.467. The van der Waals surface area contributed by atoms with Crippen LogP contribution in [0.3, 0.4) is 0 Å². The lowest BCUT2D eigenvalue weighted by molar-refractivity contribution is -0.116. The summed E-state index contributed by atoms with van der Waals surface area (Å²) in [5.74, 6) is -0.254. The highest BCUT2D eigenvalue weighted by Gasteiger charge is 2.17. The van der Waals surface area contributed by atoms with Gasteiger partial charge in [0.25, 0.3) is 5.56 Å². The van der Waals surface area contributed by atoms with Crippen molar-refractivity contribution < 1.29 is 13.9 Å². The number of carbonyl (C=O) groups is 1. The van der Waals surface area contributed by atoms with Gasteiger partial charge in [0.15, 0.2) is 11.6 Å². The van der Waals surface area contributed by atoms with Crippen molar-refractivity contribution in [2.24, 2.45) is 7.05 Å². The summed E-state index contributed by atoms with van der Waals surface area (Å²) in [7, 11) is 1.69. The highest BCUT2D eigenvalue weighted by molar-refractivity contribution is 5.87. The van der Waals surface area contributed by atoms with E-state index in [4.69, 9.17) is 4.74 Å². The molecule has 31 heavy (non-hydrogen) atoms. The number of hydrogen-bond donors (Lipinski definition) is 1. The zero-order chi connectivity index (χ0) is 22.5. The molecule has 3 aromatic rings. The molecule has 0 aliphatic rings. The van der Waals surface area contributed by atoms with E-state index in [0.29, 0.717) is 23.3 Å². The van der Waals surface area contributed by atoms with E-state index in [1.54, 1.807) is 44.4 Å². The molecule has 5 nitrogen and oxygen atoms in total. The highest BCUT2D eigenvalue weighted by atomic mass is 19.1. The maximum absolute atomic E-state index is 14.5. The maximum Gasteiger partial charge on any atom is 0.253 e. The SMILES string of the molecule is C=CC(=O)NCc1cccc(Oc2ccc(C)cc2F)c1-c1cc(CC)c(=O)n(C)c1. The fraction of sp³-hybridized carbons (Fsp3) is 0.200. The van der Waals surface area contributed by atoms with Gasteiger partial charge in [-0.15, -0.1) is 0 Å². The first kappa shape index (κ1) is 22.0. The molecule has 3 rings (SSSR count). The van der Waals surface area contributed by atoms with Gasteiger partial charge >= 0.3 is 0 Å². The molecule has 0 spiro atoms. The number of aromatic nitrogens is 1. The molecule has 0 unspecified atom stereocenters. The first-order valence-electron chi connectivity index (χ1n) is 10.00. The number of carbonyl (C=O) groups excluding carboxylic acids is 1. The van der Waals surface area contributed by atoms with Crippen LogP contribution in [0.15, 0.2) is 66.1 Å². The smallest absolute Gasteiger partial charge is 0.253 e. The van der Waals surface area contributed by atoms with Crippen LogP contribution >= 0.6 is 0 Å². The molecule has 1 aromatic heterocycles. The zero-order valence-corrected chi connectivity index (χ0v) is 17.9. The number of nitrogens with zero attached hydrogens (tertiary/aromatic N) is 1. The molecule has 1 N–H and O–H groups in total. The number of halogens is 1. The van der Waals surface area contributed by atoms with Crippen LogP contribution in [0.2, 0.25) is 0 Å². The number of hydrogen-bond acceptors (Lipinski definition) is 3. The van der Waals surface area contributed by atoms with Crippen molar-refractivity contribution in [1.82, 2.24) is 9.88 Å². The molecule has 0 bridgehead atoms. The first-order chi connectivity index (χ1) is 14.8. The maximum atomic E-state index is 14.5. The Kier molecular flexibility index (Phi) is 6.70. The largest absolute Gasteiger partial charge is 0.454 e. The number of rotatable bonds is 7. The molecule has 0 fully saturated rings. The average Bonchev–Trinajstić information content (AvgIpc) is 2.75. The lowest BCUT2D eigenvalue weighted by Crippen LogP contribution is -2.22. The van der Waals surface area contributed by atoms with Gasteiger partial charge in [-0.1, -0.05) is 31.7 Å². The Bertz CT molecular complexity index is 1200. The van der Waals surface area contributed by atoms with Crippen molar-refractivity contribution in [2.45, 2.75) is 26.8 Å². The van der Waals surface area contributed by atoms with E-state index < -0.39 is 5.82 Å². The number of amides is 1. The topological polar surface area (TPSA) is 60.3 Å². The van der Waals surface area contributed by atoms with E-state index in [9.17, 15) is 14.0 Å². The molecule has 0 saturated carbocycles. The number of pyridine rings is 1. The summed E-state index contributed by atoms with van der Waals surface area (Å²) in [4.78, 5) is 24.1. The zero-order valence-electron chi connectivity index (χ0n) is 17.9. The first-order valence-corrected chi connectivity index (χ1v) is 10.00. The quantitative estimate of drug-likeness (QED) is 0.566. The molecule has 1 amide bonds. The lowest BCUT2D eigenvalue weighted by atomic mass is 9.97. The van der Waals surface area contributed by atoms with Gasteiger partial charge < -0.3 is 14.6 Å². The van der Waals surface area contributed by atoms with Crippen molar-refractivity contribution in [3.63, 3.8) is 0 Å². The third-order valence-corrected chi connectivity index (χ3v) is 4.99. The number of nitrogens with one attached hydrogen (secondary N) is 1. The third-order valence-electron chi connectivity index (χ3n) is 4.99. The van der Waals surface area contributed by atoms with Gasteiger partial charge in [-0.25, -0.2) is 4.39 Å². The molecule has 0 aliphatic carbocycles. The van der Waals surface area contributed by atoms with Crippen molar-refractivity contribution >= 4 is 5.91 Å². The predicted molar refractivity (Wildman–Crippen MR) is 120 cm³/mol. The van der Waals surface area contributed by atoms with Gasteiger partial charge in [0.2, 0.25) is 5.91 Å². The Morgan fingerprint density at radius 3 is 2.65 bits per heavy atom. The van der Waals surface area contributed by atoms with Gasteiger partial charge in [-0.3, -0.25) is 9.59 Å². The molecule has 6 heteroatoms. The Hall–Kier alpha value is -3.67. The van der Waals surface area contributed by atoms with Crippen LogP contribution in [-0.2, 0) is 24.8 Å². The van der Waals surface area contributed by atoms with Crippen LogP contribution in [0.1, 0.15) is 23.6 Å². The summed E-state index contributed by atoms with van der Waals surface area (Å²) >= 11 is 0. The molecule has 0 atom stereocenters. The fourth-order valence-corrected chi connectivity index (χ4v) is 3.37. The van der Waals surface area contributed by atoms with Gasteiger partial charge in [-0.05, 0) is 54.8 Å². The van der Waals surface area contributed by atoms with E-state index in [1.807, 2.05) is 19.1 Å². The van der Waals surface area contributed by atoms with Crippen molar-refractivity contribution in [3.8, 4) is 22.6 Å². The molecule has 1 heterocycles. The number of aryl methyl sites for hydroxylation is 3. The van der Waals surface area contributed by atoms with Crippen molar-refractivity contribution in [1.29, 1.82) is 0 Å². The second kappa shape index (κ2) is 9.43. The standard InChI is InChI=1S/C25H25FN2O3/c1-5-17-13-19(15-28(4)25(17)30)24-18(14-27-23(29)6-2)8-7-9-22(24)31-21-11-10-16(3)12-20(21)26/h6-13,15H,2,5,14H2,1,3-4H3,(H,27,29). The summed E-state index contributed by atoms with van der Waals surface area (Å²) in [6.07, 6.45) is 3.48. The van der Waals surface area contributed by atoms with Gasteiger partial charge in [0.05, 0.1) is 0 Å². The Labute approximate surface area is 180 Å². The van der Waals surface area contributed by atoms with Gasteiger partial charge in [-0.2, -0.15) is 0 Å². The number of benzene rings is 2. The number of ether oxygens (including phenoxy) is 1. The van der Waals surface area contributed by atoms with Crippen LogP contribution in [-0.4, -0.2) is 10.5 Å². The van der Waals surface area contributed by atoms with Crippen LogP contribution in [0.5, 0.6) is 11.5 Å². The fourth-order valence-electron chi connectivity index (χ4n) is 3.37. The Balaban J connectivity index is 2.17. The van der Waals surface area contributed by atoms with Crippen LogP contribution in [0.25, 0.3) is 11.1 Å². The summed E-state index contributed by atoms with van der Waals surface area (Å²) in [6.45, 7) is 7.41. The normalized spacial score (nSPS) is 10.6. The summed E-state index contributed by atoms with van der Waals surface area (Å²) in [5, 5.41) is 2.77. The van der Waals surface area contributed by atoms with E-state index in [-0.39, 0.29) is 23.8 Å². The summed E-state index contributed by atoms with van der Waals surface area (Å²) in [5.41, 5.74) is 3.55. The van der Waals surface area contributed by atoms with E-state index >= 15 is 0 Å². The Morgan fingerprint density at radius 1 is 1.19 bits per heavy atom. The molecule has 0 radical (unpaired) electrons. The second-order valence-corrected chi connectivity index (χ2v) is 7.27. The molecule has 2 aromatic carbocycles. The van der Waals surface area contributed by atoms with Crippen molar-refractivity contribution in [3.05, 3.63) is 94.2 Å². The highest BCUT2D eigenvalue weighted by Crippen LogP contribution is 2.37. The summed E-state index contributed by atoms with van der Waals surface area (Å²) < 4.78 is 22.0. The third kappa shape index (κ3) is 4.91. The molecule has 160 valence electrons. The predicted octanol–water partition coefficient (Wildman–Crippen LogP) is 4.66. The average molecular weight is 420 g/mol. The molecular formula is C25H25FN2O3. The summed E-state index contributed by atoms with van der Waals surface area (Å²) in [6, 6.07) is 12.0. The van der Waals surface area contributed by atoms with Crippen LogP contribution in [0.4, 0.5) is 4.39 Å². The Morgan fingerprint density at radius 2 is 1.97 bits per heavy atom. The van der Waals surface area contributed by atoms with E-state index in [0.717, 1.165) is 16.7 Å². The molecular weight excluding hydrogens is 395 g/mol. The van der Waals surface area contributed by atoms with Gasteiger partial charge in [0.1, 0.15) is 5.75 Å². The van der Waals surface area contributed by atoms with Crippen LogP contribution in [0, 0.1) is 12.7 Å². The lowest BCUT2D eigenvalue weighted by Gasteiger charge is -2.18.